The van der Waals surface area contributed by atoms with Gasteiger partial charge in [0.05, 0.1) is 11.6 Å². The van der Waals surface area contributed by atoms with Gasteiger partial charge in [0.25, 0.3) is 5.91 Å². The van der Waals surface area contributed by atoms with Gasteiger partial charge in [-0.1, -0.05) is 35.0 Å². The number of nitrogens with one attached hydrogen (secondary N) is 1. The van der Waals surface area contributed by atoms with Crippen molar-refractivity contribution in [2.75, 3.05) is 0 Å². The molecular weight excluding hydrogens is 292 g/mol. The van der Waals surface area contributed by atoms with Crippen LogP contribution in [-0.2, 0) is 0 Å². The Morgan fingerprint density at radius 1 is 1.22 bits per heavy atom. The molecule has 3 aromatic rings. The lowest BCUT2D eigenvalue weighted by molar-refractivity contribution is 0.0937. The molecule has 116 valence electrons. The van der Waals surface area contributed by atoms with Crippen molar-refractivity contribution in [2.45, 2.75) is 19.9 Å². The number of hydrogen-bond donors (Lipinski definition) is 1. The van der Waals surface area contributed by atoms with Gasteiger partial charge < -0.3 is 9.84 Å². The molecule has 1 N–H and O–H groups in total. The summed E-state index contributed by atoms with van der Waals surface area (Å²) >= 11 is 0. The molecule has 3 rings (SSSR count). The summed E-state index contributed by atoms with van der Waals surface area (Å²) in [5, 5.41) is 6.55. The zero-order valence-electron chi connectivity index (χ0n) is 12.9. The summed E-state index contributed by atoms with van der Waals surface area (Å²) in [6.45, 7) is 3.82. The first-order chi connectivity index (χ1) is 11.1. The van der Waals surface area contributed by atoms with E-state index >= 15 is 0 Å². The number of benzene rings is 1. The Morgan fingerprint density at radius 2 is 2.09 bits per heavy atom. The average molecular weight is 308 g/mol. The minimum Gasteiger partial charge on any atom is -0.343 e. The highest BCUT2D eigenvalue weighted by atomic mass is 16.5. The predicted molar refractivity (Wildman–Crippen MR) is 84.6 cm³/mol. The Balaban J connectivity index is 1.80. The van der Waals surface area contributed by atoms with Crippen molar-refractivity contribution in [3.8, 4) is 11.1 Å². The van der Waals surface area contributed by atoms with Crippen LogP contribution in [0.1, 0.15) is 34.7 Å². The van der Waals surface area contributed by atoms with Crippen LogP contribution in [-0.4, -0.2) is 21.0 Å². The second kappa shape index (κ2) is 6.39. The monoisotopic (exact) mass is 308 g/mol. The van der Waals surface area contributed by atoms with Crippen LogP contribution in [0.5, 0.6) is 0 Å². The van der Waals surface area contributed by atoms with Crippen LogP contribution in [0.15, 0.2) is 53.6 Å². The van der Waals surface area contributed by atoms with E-state index in [2.05, 4.69) is 31.0 Å². The number of amides is 1. The van der Waals surface area contributed by atoms with Crippen molar-refractivity contribution < 1.29 is 9.32 Å². The number of aryl methyl sites for hydroxylation is 1. The maximum atomic E-state index is 12.4. The predicted octanol–water partition coefficient (Wildman–Crippen LogP) is 2.93. The lowest BCUT2D eigenvalue weighted by Gasteiger charge is -2.10. The molecule has 0 aliphatic heterocycles. The third-order valence-electron chi connectivity index (χ3n) is 3.47. The van der Waals surface area contributed by atoms with Crippen molar-refractivity contribution in [1.82, 2.24) is 20.4 Å². The average Bonchev–Trinajstić information content (AvgIpc) is 3.09. The second-order valence-corrected chi connectivity index (χ2v) is 5.32. The van der Waals surface area contributed by atoms with Gasteiger partial charge in [0.15, 0.2) is 5.82 Å². The second-order valence-electron chi connectivity index (χ2n) is 5.32. The molecule has 0 aliphatic rings. The lowest BCUT2D eigenvalue weighted by atomic mass is 10.0. The third kappa shape index (κ3) is 3.42. The minimum absolute atomic E-state index is 0.232. The largest absolute Gasteiger partial charge is 0.343 e. The van der Waals surface area contributed by atoms with E-state index in [0.29, 0.717) is 11.4 Å². The zero-order valence-corrected chi connectivity index (χ0v) is 12.9. The highest BCUT2D eigenvalue weighted by molar-refractivity contribution is 5.95. The van der Waals surface area contributed by atoms with Gasteiger partial charge in [-0.2, -0.15) is 4.98 Å². The van der Waals surface area contributed by atoms with Gasteiger partial charge in [0.1, 0.15) is 0 Å². The van der Waals surface area contributed by atoms with E-state index in [1.165, 1.54) is 12.6 Å². The first-order valence-electron chi connectivity index (χ1n) is 7.22. The summed E-state index contributed by atoms with van der Waals surface area (Å²) < 4.78 is 4.69. The standard InChI is InChI=1S/C17H16N4O2/c1-11-4-3-5-13(6-11)14-7-15(9-18-8-14)17(22)20-12(2)16-19-10-23-21-16/h3-10,12H,1-2H3,(H,20,22). The molecule has 0 spiro atoms. The Hall–Kier alpha value is -3.02. The SMILES string of the molecule is Cc1cccc(-c2cncc(C(=O)NC(C)c3ncon3)c2)c1. The summed E-state index contributed by atoms with van der Waals surface area (Å²) in [7, 11) is 0. The molecule has 2 heterocycles. The van der Waals surface area contributed by atoms with Crippen LogP contribution < -0.4 is 5.32 Å². The lowest BCUT2D eigenvalue weighted by Crippen LogP contribution is -2.27. The molecule has 1 atom stereocenters. The maximum Gasteiger partial charge on any atom is 0.253 e. The fourth-order valence-electron chi connectivity index (χ4n) is 2.26. The van der Waals surface area contributed by atoms with Gasteiger partial charge in [-0.05, 0) is 25.5 Å². The van der Waals surface area contributed by atoms with E-state index in [1.54, 1.807) is 13.1 Å². The van der Waals surface area contributed by atoms with Crippen LogP contribution in [0.2, 0.25) is 0 Å². The molecule has 0 radical (unpaired) electrons. The first kappa shape index (κ1) is 14.9. The summed E-state index contributed by atoms with van der Waals surface area (Å²) in [5.74, 6) is 0.199. The van der Waals surface area contributed by atoms with E-state index in [0.717, 1.165) is 16.7 Å². The summed E-state index contributed by atoms with van der Waals surface area (Å²) in [6, 6.07) is 9.54. The number of carbonyl (C=O) groups excluding carboxylic acids is 1. The number of aromatic nitrogens is 3. The maximum absolute atomic E-state index is 12.4. The molecular formula is C17H16N4O2. The van der Waals surface area contributed by atoms with Crippen molar-refractivity contribution in [2.24, 2.45) is 0 Å². The summed E-state index contributed by atoms with van der Waals surface area (Å²) in [5.41, 5.74) is 3.56. The Labute approximate surface area is 133 Å². The van der Waals surface area contributed by atoms with Crippen LogP contribution in [0, 0.1) is 6.92 Å². The van der Waals surface area contributed by atoms with E-state index in [-0.39, 0.29) is 11.9 Å². The molecule has 0 bridgehead atoms. The molecule has 2 aromatic heterocycles. The number of carbonyl (C=O) groups is 1. The topological polar surface area (TPSA) is 80.9 Å². The number of hydrogen-bond acceptors (Lipinski definition) is 5. The van der Waals surface area contributed by atoms with Crippen molar-refractivity contribution in [3.05, 3.63) is 66.1 Å². The van der Waals surface area contributed by atoms with Gasteiger partial charge in [0.2, 0.25) is 6.39 Å². The van der Waals surface area contributed by atoms with E-state index in [1.807, 2.05) is 31.2 Å². The first-order valence-corrected chi connectivity index (χ1v) is 7.22. The molecule has 0 fully saturated rings. The normalized spacial score (nSPS) is 11.9. The van der Waals surface area contributed by atoms with Crippen LogP contribution in [0.25, 0.3) is 11.1 Å². The van der Waals surface area contributed by atoms with Crippen LogP contribution in [0.4, 0.5) is 0 Å². The highest BCUT2D eigenvalue weighted by Gasteiger charge is 2.15. The van der Waals surface area contributed by atoms with Gasteiger partial charge >= 0.3 is 0 Å². The van der Waals surface area contributed by atoms with Gasteiger partial charge in [-0.25, -0.2) is 0 Å². The molecule has 0 aliphatic carbocycles. The van der Waals surface area contributed by atoms with Crippen molar-refractivity contribution in [3.63, 3.8) is 0 Å². The van der Waals surface area contributed by atoms with Crippen molar-refractivity contribution >= 4 is 5.91 Å². The van der Waals surface area contributed by atoms with E-state index in [9.17, 15) is 4.79 Å². The molecule has 6 nitrogen and oxygen atoms in total. The van der Waals surface area contributed by atoms with Gasteiger partial charge in [-0.15, -0.1) is 0 Å². The summed E-state index contributed by atoms with van der Waals surface area (Å²) in [4.78, 5) is 20.5. The fourth-order valence-corrected chi connectivity index (χ4v) is 2.26. The number of pyridine rings is 1. The molecule has 1 unspecified atom stereocenters. The Kier molecular flexibility index (Phi) is 4.14. The quantitative estimate of drug-likeness (QED) is 0.801. The van der Waals surface area contributed by atoms with E-state index < -0.39 is 0 Å². The zero-order chi connectivity index (χ0) is 16.2. The van der Waals surface area contributed by atoms with Crippen LogP contribution >= 0.6 is 0 Å². The molecule has 1 aromatic carbocycles. The van der Waals surface area contributed by atoms with Crippen LogP contribution in [0.3, 0.4) is 0 Å². The van der Waals surface area contributed by atoms with Crippen molar-refractivity contribution in [1.29, 1.82) is 0 Å². The van der Waals surface area contributed by atoms with Gasteiger partial charge in [-0.3, -0.25) is 9.78 Å². The highest BCUT2D eigenvalue weighted by Crippen LogP contribution is 2.20. The summed E-state index contributed by atoms with van der Waals surface area (Å²) in [6.07, 6.45) is 4.52. The smallest absolute Gasteiger partial charge is 0.253 e. The molecule has 0 saturated heterocycles. The van der Waals surface area contributed by atoms with E-state index in [4.69, 9.17) is 0 Å². The Morgan fingerprint density at radius 3 is 2.83 bits per heavy atom. The number of nitrogens with zero attached hydrogens (tertiary/aromatic N) is 3. The number of rotatable bonds is 4. The Bertz CT molecular complexity index is 815. The minimum atomic E-state index is -0.344. The molecule has 6 heteroatoms. The molecule has 0 saturated carbocycles. The third-order valence-corrected chi connectivity index (χ3v) is 3.47. The van der Waals surface area contributed by atoms with Gasteiger partial charge in [0, 0.05) is 18.0 Å². The molecule has 23 heavy (non-hydrogen) atoms. The molecule has 1 amide bonds. The fraction of sp³-hybridized carbons (Fsp3) is 0.176.